The van der Waals surface area contributed by atoms with Gasteiger partial charge in [-0.3, -0.25) is 0 Å². The Morgan fingerprint density at radius 2 is 1.21 bits per heavy atom. The molecule has 0 bridgehead atoms. The summed E-state index contributed by atoms with van der Waals surface area (Å²) in [6.07, 6.45) is 2.95. The maximum Gasteiger partial charge on any atom is 0.508 e. The average Bonchev–Trinajstić information content (AvgIpc) is 3.53. The molecule has 2 aliphatic heterocycles. The molecule has 2 heterocycles. The molecule has 0 radical (unpaired) electrons. The molecule has 0 amide bonds. The van der Waals surface area contributed by atoms with Crippen LogP contribution in [0.25, 0.3) is 0 Å². The molecular formula is C35H65BO11. The molecule has 0 aromatic rings. The molecule has 274 valence electrons. The van der Waals surface area contributed by atoms with Gasteiger partial charge in [0, 0.05) is 37.0 Å². The predicted molar refractivity (Wildman–Crippen MR) is 182 cm³/mol. The Morgan fingerprint density at radius 3 is 1.68 bits per heavy atom. The second kappa shape index (κ2) is 17.4. The summed E-state index contributed by atoms with van der Waals surface area (Å²) >= 11 is 0. The fourth-order valence-corrected chi connectivity index (χ4v) is 5.33. The topological polar surface area (TPSA) is 120 Å². The second-order valence-corrected chi connectivity index (χ2v) is 16.3. The number of carbonyl (C=O) groups excluding carboxylic acids is 1. The average molecular weight is 673 g/mol. The van der Waals surface area contributed by atoms with E-state index in [1.165, 1.54) is 0 Å². The lowest BCUT2D eigenvalue weighted by atomic mass is 9.79. The van der Waals surface area contributed by atoms with Crippen LogP contribution in [0.2, 0.25) is 0 Å². The van der Waals surface area contributed by atoms with Gasteiger partial charge in [0.05, 0.1) is 48.8 Å². The van der Waals surface area contributed by atoms with E-state index in [1.807, 2.05) is 27.7 Å². The number of hydrogen-bond donors (Lipinski definition) is 1. The van der Waals surface area contributed by atoms with Gasteiger partial charge < -0.3 is 47.7 Å². The molecule has 4 unspecified atom stereocenters. The lowest BCUT2D eigenvalue weighted by Gasteiger charge is -2.41. The van der Waals surface area contributed by atoms with Gasteiger partial charge in [-0.15, -0.1) is 0 Å². The van der Waals surface area contributed by atoms with Gasteiger partial charge in [-0.1, -0.05) is 6.92 Å². The van der Waals surface area contributed by atoms with Crippen LogP contribution in [0, 0.1) is 5.41 Å². The van der Waals surface area contributed by atoms with E-state index in [0.717, 1.165) is 6.42 Å². The largest absolute Gasteiger partial charge is 0.508 e. The monoisotopic (exact) mass is 672 g/mol. The molecule has 12 heteroatoms. The smallest absolute Gasteiger partial charge is 0.462 e. The van der Waals surface area contributed by atoms with E-state index in [4.69, 9.17) is 42.6 Å². The van der Waals surface area contributed by atoms with E-state index in [9.17, 15) is 9.90 Å². The Morgan fingerprint density at radius 1 is 0.723 bits per heavy atom. The van der Waals surface area contributed by atoms with E-state index in [2.05, 4.69) is 56.0 Å². The first-order chi connectivity index (χ1) is 21.6. The Bertz CT molecular complexity index is 917. The van der Waals surface area contributed by atoms with Crippen LogP contribution in [-0.4, -0.2) is 112 Å². The van der Waals surface area contributed by atoms with Gasteiger partial charge in [0.1, 0.15) is 33.3 Å². The highest BCUT2D eigenvalue weighted by Gasteiger charge is 2.38. The van der Waals surface area contributed by atoms with E-state index in [0.29, 0.717) is 77.7 Å². The summed E-state index contributed by atoms with van der Waals surface area (Å²) < 4.78 is 53.2. The maximum atomic E-state index is 11.3. The van der Waals surface area contributed by atoms with Crippen molar-refractivity contribution in [3.63, 3.8) is 0 Å². The first kappa shape index (κ1) is 41.6. The van der Waals surface area contributed by atoms with Crippen LogP contribution in [-0.2, 0) is 42.6 Å². The van der Waals surface area contributed by atoms with E-state index in [1.54, 1.807) is 0 Å². The van der Waals surface area contributed by atoms with Crippen LogP contribution in [0.15, 0.2) is 12.5 Å². The first-order valence-electron chi connectivity index (χ1n) is 17.2. The van der Waals surface area contributed by atoms with Gasteiger partial charge in [-0.2, -0.15) is 0 Å². The Labute approximate surface area is 285 Å². The summed E-state index contributed by atoms with van der Waals surface area (Å²) in [5.74, 6) is 0.369. The molecular weight excluding hydrogens is 607 g/mol. The molecule has 2 aliphatic rings. The van der Waals surface area contributed by atoms with Gasteiger partial charge >= 0.3 is 6.16 Å². The normalized spacial score (nSPS) is 21.9. The highest BCUT2D eigenvalue weighted by Crippen LogP contribution is 2.33. The van der Waals surface area contributed by atoms with Crippen LogP contribution in [0.4, 0.5) is 4.79 Å². The number of aliphatic hydroxyl groups excluding tert-OH is 1. The molecule has 0 aliphatic carbocycles. The number of aliphatic hydroxyl groups is 1. The number of rotatable bonds is 24. The minimum atomic E-state index is -0.624. The van der Waals surface area contributed by atoms with Crippen LogP contribution >= 0.6 is 0 Å². The molecule has 0 aromatic heterocycles. The number of cyclic esters (lactones) is 2. The van der Waals surface area contributed by atoms with Crippen molar-refractivity contribution >= 4 is 14.0 Å². The predicted octanol–water partition coefficient (Wildman–Crippen LogP) is 5.29. The van der Waals surface area contributed by atoms with Crippen molar-refractivity contribution < 1.29 is 52.5 Å². The zero-order valence-electron chi connectivity index (χ0n) is 31.3. The summed E-state index contributed by atoms with van der Waals surface area (Å²) in [5, 5.41) is 9.57. The fourth-order valence-electron chi connectivity index (χ4n) is 5.33. The minimum Gasteiger partial charge on any atom is -0.462 e. The Hall–Kier alpha value is -1.57. The van der Waals surface area contributed by atoms with Crippen molar-refractivity contribution in [1.29, 1.82) is 0 Å². The summed E-state index contributed by atoms with van der Waals surface area (Å²) in [5.41, 5.74) is -2.71. The molecule has 2 rings (SSSR count). The summed E-state index contributed by atoms with van der Waals surface area (Å²) in [7, 11) is 2.06. The van der Waals surface area contributed by atoms with Crippen LogP contribution in [0.1, 0.15) is 108 Å². The maximum absolute atomic E-state index is 11.3. The number of hydrogen-bond acceptors (Lipinski definition) is 11. The van der Waals surface area contributed by atoms with E-state index >= 15 is 0 Å². The third-order valence-electron chi connectivity index (χ3n) is 8.98. The summed E-state index contributed by atoms with van der Waals surface area (Å²) in [6.45, 7) is 27.3. The number of ether oxygens (including phenoxy) is 9. The summed E-state index contributed by atoms with van der Waals surface area (Å²) in [6, 6.07) is 0. The molecule has 47 heavy (non-hydrogen) atoms. The van der Waals surface area contributed by atoms with Crippen LogP contribution in [0.3, 0.4) is 0 Å². The third-order valence-corrected chi connectivity index (χ3v) is 8.98. The van der Waals surface area contributed by atoms with Gasteiger partial charge in [-0.05, 0) is 94.6 Å². The van der Waals surface area contributed by atoms with Crippen molar-refractivity contribution in [3.8, 4) is 0 Å². The van der Waals surface area contributed by atoms with Crippen molar-refractivity contribution in [3.05, 3.63) is 12.5 Å². The number of carbonyl (C=O) groups is 1. The Kier molecular flexibility index (Phi) is 15.4. The van der Waals surface area contributed by atoms with Crippen LogP contribution in [0.5, 0.6) is 0 Å². The first-order valence-corrected chi connectivity index (χ1v) is 17.2. The third kappa shape index (κ3) is 16.1. The highest BCUT2D eigenvalue weighted by atomic mass is 16.8. The molecule has 2 saturated heterocycles. The molecule has 0 spiro atoms. The van der Waals surface area contributed by atoms with Gasteiger partial charge in [0.15, 0.2) is 0 Å². The van der Waals surface area contributed by atoms with Crippen molar-refractivity contribution in [2.75, 3.05) is 52.9 Å². The van der Waals surface area contributed by atoms with E-state index in [-0.39, 0.29) is 31.0 Å². The van der Waals surface area contributed by atoms with Crippen molar-refractivity contribution in [2.24, 2.45) is 5.41 Å². The zero-order chi connectivity index (χ0) is 35.6. The van der Waals surface area contributed by atoms with E-state index < -0.39 is 33.9 Å². The molecule has 0 aromatic carbocycles. The highest BCUT2D eigenvalue weighted by molar-refractivity contribution is 6.14. The van der Waals surface area contributed by atoms with Gasteiger partial charge in [-0.25, -0.2) is 4.79 Å². The lowest BCUT2D eigenvalue weighted by molar-refractivity contribution is -0.159. The molecule has 2 fully saturated rings. The quantitative estimate of drug-likeness (QED) is 0.106. The van der Waals surface area contributed by atoms with Gasteiger partial charge in [0.2, 0.25) is 0 Å². The van der Waals surface area contributed by atoms with Crippen LogP contribution < -0.4 is 0 Å². The molecule has 1 N–H and O–H groups in total. The molecule has 0 saturated carbocycles. The second-order valence-electron chi connectivity index (χ2n) is 16.3. The lowest BCUT2D eigenvalue weighted by Crippen LogP contribution is -2.46. The summed E-state index contributed by atoms with van der Waals surface area (Å²) in [4.78, 5) is 11.3. The van der Waals surface area contributed by atoms with Crippen molar-refractivity contribution in [1.82, 2.24) is 0 Å². The van der Waals surface area contributed by atoms with Gasteiger partial charge in [0.25, 0.3) is 5.95 Å². The van der Waals surface area contributed by atoms with Crippen molar-refractivity contribution in [2.45, 2.75) is 148 Å². The SMILES string of the molecule is BC(C)(CCOC(C)(C)CC1COC(=O)O1)OCC(CC)(COC(C)(C)CCO)COC(C)(C)CCOC(C)(C)CC1COC(=C)O1. The standard InChI is InChI=1S/C35H65BO11/c1-12-35(23-43-30(3,4)13-16-37,24-44-31(5,6)14-17-41-32(7,8)19-27-21-39-26(2)46-27)25-45-34(11,36)15-18-42-33(9,10)20-28-22-40-29(38)47-28/h27-28,37H,2,12-25,36H2,1,3-11H3. The minimum absolute atomic E-state index is 0.0523. The molecule has 11 nitrogen and oxygen atoms in total. The molecule has 4 atom stereocenters. The fraction of sp³-hybridized carbons (Fsp3) is 0.914. The Balaban J connectivity index is 1.96. The zero-order valence-corrected chi connectivity index (χ0v) is 31.3.